The molecule has 2 N–H and O–H groups in total. The first-order valence-corrected chi connectivity index (χ1v) is 9.69. The number of ether oxygens (including phenoxy) is 1. The number of aromatic nitrogens is 4. The van der Waals surface area contributed by atoms with Crippen LogP contribution in [0.3, 0.4) is 0 Å². The molecular formula is C22H21N5O4. The lowest BCUT2D eigenvalue weighted by Gasteiger charge is -2.10. The maximum absolute atomic E-state index is 12.8. The average Bonchev–Trinajstić information content (AvgIpc) is 3.43. The molecule has 3 heterocycles. The zero-order valence-corrected chi connectivity index (χ0v) is 17.3. The first-order chi connectivity index (χ1) is 15.0. The second-order valence-electron chi connectivity index (χ2n) is 6.79. The Morgan fingerprint density at radius 3 is 2.65 bits per heavy atom. The van der Waals surface area contributed by atoms with Gasteiger partial charge in [0.15, 0.2) is 5.76 Å². The molecule has 9 nitrogen and oxygen atoms in total. The van der Waals surface area contributed by atoms with Gasteiger partial charge in [-0.05, 0) is 49.7 Å². The number of furan rings is 1. The van der Waals surface area contributed by atoms with Gasteiger partial charge in [-0.1, -0.05) is 6.92 Å². The fourth-order valence-corrected chi connectivity index (χ4v) is 3.22. The van der Waals surface area contributed by atoms with Crippen molar-refractivity contribution in [3.05, 3.63) is 75.9 Å². The number of aryl methyl sites for hydroxylation is 1. The summed E-state index contributed by atoms with van der Waals surface area (Å²) in [5.74, 6) is 1.35. The van der Waals surface area contributed by atoms with Crippen molar-refractivity contribution in [2.45, 2.75) is 20.3 Å². The van der Waals surface area contributed by atoms with E-state index in [-0.39, 0.29) is 17.4 Å². The van der Waals surface area contributed by atoms with E-state index in [2.05, 4.69) is 20.4 Å². The van der Waals surface area contributed by atoms with Crippen LogP contribution in [-0.4, -0.2) is 32.8 Å². The number of carbonyl (C=O) groups excluding carboxylic acids is 1. The second-order valence-corrected chi connectivity index (χ2v) is 6.79. The summed E-state index contributed by atoms with van der Waals surface area (Å²) in [5, 5.41) is 7.32. The van der Waals surface area contributed by atoms with Crippen LogP contribution in [0.5, 0.6) is 5.75 Å². The van der Waals surface area contributed by atoms with Gasteiger partial charge in [0.1, 0.15) is 17.3 Å². The normalized spacial score (nSPS) is 10.8. The summed E-state index contributed by atoms with van der Waals surface area (Å²) in [7, 11) is 1.56. The number of hydrogen-bond acceptors (Lipinski definition) is 6. The molecule has 0 unspecified atom stereocenters. The highest BCUT2D eigenvalue weighted by Crippen LogP contribution is 2.25. The van der Waals surface area contributed by atoms with Gasteiger partial charge in [-0.25, -0.2) is 4.98 Å². The van der Waals surface area contributed by atoms with E-state index in [9.17, 15) is 9.59 Å². The smallest absolute Gasteiger partial charge is 0.256 e. The van der Waals surface area contributed by atoms with Crippen LogP contribution >= 0.6 is 0 Å². The molecule has 0 aliphatic heterocycles. The Balaban J connectivity index is 1.76. The number of benzene rings is 1. The topological polar surface area (TPSA) is 115 Å². The number of anilines is 1. The maximum Gasteiger partial charge on any atom is 0.256 e. The third-order valence-corrected chi connectivity index (χ3v) is 4.84. The molecule has 31 heavy (non-hydrogen) atoms. The van der Waals surface area contributed by atoms with Crippen molar-refractivity contribution >= 4 is 11.7 Å². The van der Waals surface area contributed by atoms with Gasteiger partial charge in [0.05, 0.1) is 13.4 Å². The summed E-state index contributed by atoms with van der Waals surface area (Å²) >= 11 is 0. The van der Waals surface area contributed by atoms with Crippen molar-refractivity contribution in [2.24, 2.45) is 0 Å². The van der Waals surface area contributed by atoms with E-state index in [1.807, 2.05) is 6.92 Å². The van der Waals surface area contributed by atoms with E-state index in [1.54, 1.807) is 56.5 Å². The van der Waals surface area contributed by atoms with Crippen LogP contribution in [0.1, 0.15) is 28.5 Å². The quantitative estimate of drug-likeness (QED) is 0.495. The summed E-state index contributed by atoms with van der Waals surface area (Å²) in [6.45, 7) is 3.66. The molecule has 0 fully saturated rings. The Bertz CT molecular complexity index is 1270. The molecule has 4 rings (SSSR count). The zero-order chi connectivity index (χ0) is 22.0. The van der Waals surface area contributed by atoms with Crippen molar-refractivity contribution in [1.29, 1.82) is 0 Å². The number of H-pyrrole nitrogens is 1. The van der Waals surface area contributed by atoms with Gasteiger partial charge in [0, 0.05) is 22.9 Å². The molecule has 0 radical (unpaired) electrons. The lowest BCUT2D eigenvalue weighted by atomic mass is 10.2. The van der Waals surface area contributed by atoms with E-state index in [1.165, 1.54) is 10.9 Å². The summed E-state index contributed by atoms with van der Waals surface area (Å²) < 4.78 is 11.9. The number of aromatic amines is 1. The van der Waals surface area contributed by atoms with Crippen LogP contribution in [0.15, 0.2) is 57.9 Å². The molecule has 0 spiro atoms. The number of methoxy groups -OCH3 is 1. The van der Waals surface area contributed by atoms with Crippen molar-refractivity contribution < 1.29 is 13.9 Å². The van der Waals surface area contributed by atoms with E-state index < -0.39 is 0 Å². The Labute approximate surface area is 177 Å². The van der Waals surface area contributed by atoms with Gasteiger partial charge in [-0.2, -0.15) is 9.78 Å². The van der Waals surface area contributed by atoms with Crippen molar-refractivity contribution in [3.8, 4) is 23.2 Å². The summed E-state index contributed by atoms with van der Waals surface area (Å²) in [5.41, 5.74) is 1.88. The van der Waals surface area contributed by atoms with E-state index in [0.717, 1.165) is 0 Å². The maximum atomic E-state index is 12.8. The molecule has 4 aromatic rings. The van der Waals surface area contributed by atoms with Gasteiger partial charge in [0.2, 0.25) is 5.95 Å². The van der Waals surface area contributed by atoms with Crippen LogP contribution in [0.4, 0.5) is 5.82 Å². The van der Waals surface area contributed by atoms with Gasteiger partial charge in [-0.15, -0.1) is 0 Å². The van der Waals surface area contributed by atoms with Crippen LogP contribution in [0.25, 0.3) is 17.4 Å². The third kappa shape index (κ3) is 3.97. The van der Waals surface area contributed by atoms with E-state index in [0.29, 0.717) is 46.3 Å². The molecule has 1 aromatic carbocycles. The Morgan fingerprint density at radius 1 is 1.26 bits per heavy atom. The Morgan fingerprint density at radius 2 is 2.03 bits per heavy atom. The number of hydrogen-bond donors (Lipinski definition) is 2. The molecule has 0 aliphatic carbocycles. The number of nitrogens with one attached hydrogen (secondary N) is 2. The lowest BCUT2D eigenvalue weighted by molar-refractivity contribution is 0.102. The third-order valence-electron chi connectivity index (χ3n) is 4.84. The minimum Gasteiger partial charge on any atom is -0.497 e. The molecule has 0 saturated carbocycles. The zero-order valence-electron chi connectivity index (χ0n) is 17.3. The van der Waals surface area contributed by atoms with Crippen molar-refractivity contribution in [2.75, 3.05) is 12.4 Å². The first kappa shape index (κ1) is 20.1. The van der Waals surface area contributed by atoms with Gasteiger partial charge < -0.3 is 14.5 Å². The molecule has 0 bridgehead atoms. The molecule has 0 saturated heterocycles. The van der Waals surface area contributed by atoms with E-state index >= 15 is 0 Å². The first-order valence-electron chi connectivity index (χ1n) is 9.69. The Kier molecular flexibility index (Phi) is 5.40. The van der Waals surface area contributed by atoms with E-state index in [4.69, 9.17) is 9.15 Å². The van der Waals surface area contributed by atoms with Crippen LogP contribution < -0.4 is 15.6 Å². The van der Waals surface area contributed by atoms with Crippen LogP contribution in [-0.2, 0) is 6.42 Å². The summed E-state index contributed by atoms with van der Waals surface area (Å²) in [6.07, 6.45) is 2.09. The summed E-state index contributed by atoms with van der Waals surface area (Å²) in [6, 6.07) is 11.9. The molecule has 9 heteroatoms. The predicted molar refractivity (Wildman–Crippen MR) is 115 cm³/mol. The van der Waals surface area contributed by atoms with Crippen molar-refractivity contribution in [3.63, 3.8) is 0 Å². The second kappa shape index (κ2) is 8.31. The molecule has 158 valence electrons. The molecular weight excluding hydrogens is 398 g/mol. The monoisotopic (exact) mass is 419 g/mol. The molecule has 1 amide bonds. The summed E-state index contributed by atoms with van der Waals surface area (Å²) in [4.78, 5) is 32.5. The lowest BCUT2D eigenvalue weighted by Crippen LogP contribution is -2.21. The highest BCUT2D eigenvalue weighted by molar-refractivity contribution is 6.04. The van der Waals surface area contributed by atoms with Crippen molar-refractivity contribution in [1.82, 2.24) is 19.7 Å². The number of nitrogens with zero attached hydrogens (tertiary/aromatic N) is 3. The Hall–Kier alpha value is -4.14. The predicted octanol–water partition coefficient (Wildman–Crippen LogP) is 3.35. The highest BCUT2D eigenvalue weighted by Gasteiger charge is 2.18. The fraction of sp³-hybridized carbons (Fsp3) is 0.182. The van der Waals surface area contributed by atoms with Gasteiger partial charge >= 0.3 is 0 Å². The van der Waals surface area contributed by atoms with Gasteiger partial charge in [0.25, 0.3) is 11.5 Å². The van der Waals surface area contributed by atoms with Crippen LogP contribution in [0, 0.1) is 6.92 Å². The standard InChI is InChI=1S/C22H21N5O4/c1-4-16-13(2)23-22(25-21(16)29)27-19(12-17(26-27)18-6-5-11-31-18)24-20(28)14-7-9-15(30-3)10-8-14/h5-12H,4H2,1-3H3,(H,24,28)(H,23,25,29). The number of rotatable bonds is 6. The molecule has 0 aliphatic rings. The SMILES string of the molecule is CCc1c(C)nc(-n2nc(-c3ccco3)cc2NC(=O)c2ccc(OC)cc2)[nH]c1=O. The van der Waals surface area contributed by atoms with Crippen LogP contribution in [0.2, 0.25) is 0 Å². The molecule has 3 aromatic heterocycles. The minimum atomic E-state index is -0.348. The minimum absolute atomic E-state index is 0.197. The fourth-order valence-electron chi connectivity index (χ4n) is 3.22. The highest BCUT2D eigenvalue weighted by atomic mass is 16.5. The van der Waals surface area contributed by atoms with Gasteiger partial charge in [-0.3, -0.25) is 14.6 Å². The largest absolute Gasteiger partial charge is 0.497 e. The number of amides is 1. The molecule has 0 atom stereocenters. The average molecular weight is 419 g/mol. The number of carbonyl (C=O) groups is 1.